The number of imidazole rings is 1. The van der Waals surface area contributed by atoms with Crippen LogP contribution in [0.3, 0.4) is 0 Å². The Bertz CT molecular complexity index is 332. The van der Waals surface area contributed by atoms with Gasteiger partial charge in [-0.1, -0.05) is 0 Å². The van der Waals surface area contributed by atoms with E-state index in [0.29, 0.717) is 6.54 Å². The van der Waals surface area contributed by atoms with Crippen molar-refractivity contribution in [2.75, 3.05) is 0 Å². The van der Waals surface area contributed by atoms with E-state index in [0.717, 1.165) is 16.9 Å². The highest BCUT2D eigenvalue weighted by Crippen LogP contribution is 2.05. The Morgan fingerprint density at radius 2 is 2.55 bits per heavy atom. The van der Waals surface area contributed by atoms with Crippen LogP contribution in [0.5, 0.6) is 0 Å². The second-order valence-corrected chi connectivity index (χ2v) is 2.33. The molecular weight excluding hydrogens is 140 g/mol. The molecule has 0 fully saturated rings. The maximum atomic E-state index is 5.41. The van der Waals surface area contributed by atoms with Crippen LogP contribution < -0.4 is 10.7 Å². The zero-order valence-electron chi connectivity index (χ0n) is 5.96. The molecule has 0 unspecified atom stereocenters. The monoisotopic (exact) mass is 149 g/mol. The van der Waals surface area contributed by atoms with E-state index < -0.39 is 0 Å². The van der Waals surface area contributed by atoms with Crippen LogP contribution in [0.25, 0.3) is 11.0 Å². The van der Waals surface area contributed by atoms with Crippen molar-refractivity contribution < 1.29 is 4.98 Å². The molecule has 0 bridgehead atoms. The Morgan fingerprint density at radius 3 is 3.27 bits per heavy atom. The van der Waals surface area contributed by atoms with Crippen LogP contribution in [0.1, 0.15) is 5.82 Å². The summed E-state index contributed by atoms with van der Waals surface area (Å²) in [4.78, 5) is 10.3. The molecule has 4 nitrogen and oxygen atoms in total. The fourth-order valence-corrected chi connectivity index (χ4v) is 1.05. The molecule has 0 atom stereocenters. The van der Waals surface area contributed by atoms with E-state index in [-0.39, 0.29) is 0 Å². The van der Waals surface area contributed by atoms with E-state index in [1.807, 2.05) is 18.5 Å². The number of aromatic amines is 2. The van der Waals surface area contributed by atoms with E-state index >= 15 is 0 Å². The number of fused-ring (bicyclic) bond motifs is 1. The van der Waals surface area contributed by atoms with Crippen LogP contribution in [0, 0.1) is 0 Å². The van der Waals surface area contributed by atoms with Crippen LogP contribution in [0.2, 0.25) is 0 Å². The van der Waals surface area contributed by atoms with Crippen LogP contribution >= 0.6 is 0 Å². The normalized spacial score (nSPS) is 10.6. The van der Waals surface area contributed by atoms with E-state index in [2.05, 4.69) is 15.0 Å². The predicted molar refractivity (Wildman–Crippen MR) is 40.5 cm³/mol. The van der Waals surface area contributed by atoms with Crippen molar-refractivity contribution in [1.82, 2.24) is 9.97 Å². The number of H-pyrrole nitrogens is 2. The third-order valence-electron chi connectivity index (χ3n) is 1.57. The first-order valence-corrected chi connectivity index (χ1v) is 3.45. The van der Waals surface area contributed by atoms with Gasteiger partial charge < -0.3 is 10.7 Å². The van der Waals surface area contributed by atoms with Gasteiger partial charge in [-0.2, -0.15) is 0 Å². The summed E-state index contributed by atoms with van der Waals surface area (Å²) in [5, 5.41) is 0. The van der Waals surface area contributed by atoms with Crippen molar-refractivity contribution >= 4 is 11.0 Å². The van der Waals surface area contributed by atoms with Gasteiger partial charge in [0, 0.05) is 6.07 Å². The molecule has 2 heterocycles. The van der Waals surface area contributed by atoms with E-state index in [1.165, 1.54) is 0 Å². The number of rotatable bonds is 1. The van der Waals surface area contributed by atoms with Gasteiger partial charge in [0.05, 0.1) is 6.54 Å². The molecular formula is C7H9N4+. The molecule has 0 aliphatic rings. The molecule has 0 aliphatic heterocycles. The summed E-state index contributed by atoms with van der Waals surface area (Å²) in [7, 11) is 0. The molecule has 11 heavy (non-hydrogen) atoms. The van der Waals surface area contributed by atoms with Gasteiger partial charge in [-0.15, -0.1) is 0 Å². The van der Waals surface area contributed by atoms with E-state index in [1.54, 1.807) is 0 Å². The zero-order chi connectivity index (χ0) is 7.68. The van der Waals surface area contributed by atoms with Gasteiger partial charge in [0.25, 0.3) is 0 Å². The Labute approximate surface area is 63.5 Å². The lowest BCUT2D eigenvalue weighted by Crippen LogP contribution is -1.97. The summed E-state index contributed by atoms with van der Waals surface area (Å²) in [5.74, 6) is 0.819. The molecule has 0 aromatic carbocycles. The van der Waals surface area contributed by atoms with Gasteiger partial charge in [-0.25, -0.2) is 9.97 Å². The first-order chi connectivity index (χ1) is 5.40. The van der Waals surface area contributed by atoms with Crippen LogP contribution in [-0.2, 0) is 6.54 Å². The second kappa shape index (κ2) is 2.32. The fourth-order valence-electron chi connectivity index (χ4n) is 1.05. The summed E-state index contributed by atoms with van der Waals surface area (Å²) in [6.45, 7) is 0.453. The van der Waals surface area contributed by atoms with Crippen molar-refractivity contribution in [3.8, 4) is 0 Å². The Hall–Kier alpha value is -1.42. The summed E-state index contributed by atoms with van der Waals surface area (Å²) in [5.41, 5.74) is 7.35. The average Bonchev–Trinajstić information content (AvgIpc) is 2.46. The van der Waals surface area contributed by atoms with Gasteiger partial charge in [0.15, 0.2) is 12.4 Å². The van der Waals surface area contributed by atoms with Gasteiger partial charge in [0.1, 0.15) is 16.9 Å². The molecule has 0 saturated heterocycles. The smallest absolute Gasteiger partial charge is 0.193 e. The highest BCUT2D eigenvalue weighted by atomic mass is 14.9. The maximum Gasteiger partial charge on any atom is 0.193 e. The molecule has 2 aromatic rings. The Morgan fingerprint density at radius 1 is 1.64 bits per heavy atom. The van der Waals surface area contributed by atoms with Gasteiger partial charge in [0.2, 0.25) is 0 Å². The number of nitrogens with two attached hydrogens (primary N) is 1. The minimum atomic E-state index is 0.453. The van der Waals surface area contributed by atoms with Gasteiger partial charge in [-0.3, -0.25) is 0 Å². The molecule has 4 N–H and O–H groups in total. The SMILES string of the molecule is NCc1nc2cc[nH+]cc2[nH]1. The van der Waals surface area contributed by atoms with E-state index in [4.69, 9.17) is 5.73 Å². The Kier molecular flexibility index (Phi) is 1.33. The molecule has 56 valence electrons. The van der Waals surface area contributed by atoms with Gasteiger partial charge >= 0.3 is 0 Å². The lowest BCUT2D eigenvalue weighted by Gasteiger charge is -1.81. The van der Waals surface area contributed by atoms with Crippen molar-refractivity contribution in [1.29, 1.82) is 0 Å². The Balaban J connectivity index is 2.69. The number of nitrogens with one attached hydrogen (secondary N) is 2. The van der Waals surface area contributed by atoms with Gasteiger partial charge in [-0.05, 0) is 0 Å². The predicted octanol–water partition coefficient (Wildman–Crippen LogP) is -0.164. The fraction of sp³-hybridized carbons (Fsp3) is 0.143. The van der Waals surface area contributed by atoms with Crippen molar-refractivity contribution in [2.24, 2.45) is 5.73 Å². The summed E-state index contributed by atoms with van der Waals surface area (Å²) in [6.07, 6.45) is 3.70. The largest absolute Gasteiger partial charge is 0.336 e. The molecule has 2 aromatic heterocycles. The topological polar surface area (TPSA) is 68.8 Å². The number of aromatic nitrogens is 3. The highest BCUT2D eigenvalue weighted by molar-refractivity contribution is 5.72. The van der Waals surface area contributed by atoms with Crippen molar-refractivity contribution in [2.45, 2.75) is 6.54 Å². The van der Waals surface area contributed by atoms with Crippen LogP contribution in [0.15, 0.2) is 18.5 Å². The number of hydrogen-bond donors (Lipinski definition) is 2. The summed E-state index contributed by atoms with van der Waals surface area (Å²) >= 11 is 0. The minimum Gasteiger partial charge on any atom is -0.336 e. The molecule has 4 heteroatoms. The standard InChI is InChI=1S/C7H8N4/c8-3-7-10-5-1-2-9-4-6(5)11-7/h1-2,4H,3,8H2,(H,10,11)/p+1. The first-order valence-electron chi connectivity index (χ1n) is 3.45. The molecule has 0 saturated carbocycles. The minimum absolute atomic E-state index is 0.453. The third-order valence-corrected chi connectivity index (χ3v) is 1.57. The third kappa shape index (κ3) is 0.969. The zero-order valence-corrected chi connectivity index (χ0v) is 5.96. The second-order valence-electron chi connectivity index (χ2n) is 2.33. The average molecular weight is 149 g/mol. The quantitative estimate of drug-likeness (QED) is 0.591. The number of pyridine rings is 1. The maximum absolute atomic E-state index is 5.41. The van der Waals surface area contributed by atoms with Crippen LogP contribution in [-0.4, -0.2) is 9.97 Å². The molecule has 0 amide bonds. The van der Waals surface area contributed by atoms with E-state index in [9.17, 15) is 0 Å². The molecule has 0 spiro atoms. The molecule has 0 aliphatic carbocycles. The van der Waals surface area contributed by atoms with Crippen LogP contribution in [0.4, 0.5) is 0 Å². The summed E-state index contributed by atoms with van der Waals surface area (Å²) in [6, 6.07) is 1.91. The lowest BCUT2D eigenvalue weighted by atomic mass is 10.4. The van der Waals surface area contributed by atoms with Crippen molar-refractivity contribution in [3.05, 3.63) is 24.3 Å². The molecule has 2 rings (SSSR count). The van der Waals surface area contributed by atoms with Crippen molar-refractivity contribution in [3.63, 3.8) is 0 Å². The lowest BCUT2D eigenvalue weighted by molar-refractivity contribution is -0.376. The first kappa shape index (κ1) is 6.30. The highest BCUT2D eigenvalue weighted by Gasteiger charge is 2.00. The summed E-state index contributed by atoms with van der Waals surface area (Å²) < 4.78 is 0. The number of hydrogen-bond acceptors (Lipinski definition) is 2. The molecule has 0 radical (unpaired) electrons. The number of nitrogens with zero attached hydrogens (tertiary/aromatic N) is 1.